The van der Waals surface area contributed by atoms with Gasteiger partial charge in [0.2, 0.25) is 0 Å². The molecule has 0 bridgehead atoms. The first-order valence-electron chi connectivity index (χ1n) is 8.16. The lowest BCUT2D eigenvalue weighted by Gasteiger charge is -2.38. The van der Waals surface area contributed by atoms with E-state index in [-0.39, 0.29) is 11.0 Å². The number of fused-ring (bicyclic) bond motifs is 1. The van der Waals surface area contributed by atoms with Crippen molar-refractivity contribution in [3.63, 3.8) is 0 Å². The third-order valence-corrected chi connectivity index (χ3v) is 5.58. The minimum Gasteiger partial charge on any atom is -0.382 e. The summed E-state index contributed by atoms with van der Waals surface area (Å²) in [5.41, 5.74) is 8.94. The van der Waals surface area contributed by atoms with Gasteiger partial charge in [-0.2, -0.15) is 0 Å². The maximum absolute atomic E-state index is 12.1. The van der Waals surface area contributed by atoms with Crippen LogP contribution in [0.1, 0.15) is 30.3 Å². The molecule has 0 amide bonds. The molecule has 0 aromatic carbocycles. The molecule has 0 unspecified atom stereocenters. The fraction of sp³-hybridized carbons (Fsp3) is 0.562. The van der Waals surface area contributed by atoms with Gasteiger partial charge in [-0.3, -0.25) is 4.79 Å². The Hall–Kier alpha value is -1.80. The second-order valence-electron chi connectivity index (χ2n) is 6.95. The monoisotopic (exact) mass is 347 g/mol. The van der Waals surface area contributed by atoms with E-state index in [0.717, 1.165) is 56.0 Å². The third-order valence-electron chi connectivity index (χ3n) is 4.70. The van der Waals surface area contributed by atoms with Crippen LogP contribution >= 0.6 is 11.8 Å². The quantitative estimate of drug-likeness (QED) is 0.626. The van der Waals surface area contributed by atoms with E-state index in [9.17, 15) is 4.79 Å². The summed E-state index contributed by atoms with van der Waals surface area (Å²) in [6.07, 6.45) is 4.53. The molecule has 8 heteroatoms. The molecule has 0 radical (unpaired) electrons. The lowest BCUT2D eigenvalue weighted by atomic mass is 9.88. The van der Waals surface area contributed by atoms with Gasteiger partial charge < -0.3 is 20.0 Å². The Morgan fingerprint density at radius 1 is 1.46 bits per heavy atom. The van der Waals surface area contributed by atoms with Gasteiger partial charge in [0.15, 0.2) is 5.16 Å². The van der Waals surface area contributed by atoms with Crippen LogP contribution in [0.2, 0.25) is 0 Å². The van der Waals surface area contributed by atoms with E-state index in [0.29, 0.717) is 16.7 Å². The number of imidazole rings is 1. The highest BCUT2D eigenvalue weighted by Crippen LogP contribution is 2.31. The summed E-state index contributed by atoms with van der Waals surface area (Å²) in [7, 11) is 0. The number of aryl methyl sites for hydroxylation is 1. The number of nitrogens with one attached hydrogen (secondary N) is 1. The number of hydrogen-bond donors (Lipinski definition) is 2. The summed E-state index contributed by atoms with van der Waals surface area (Å²) in [6.45, 7) is 4.55. The molecule has 24 heavy (non-hydrogen) atoms. The minimum atomic E-state index is 0.000562. The van der Waals surface area contributed by atoms with Gasteiger partial charge in [0.25, 0.3) is 5.56 Å². The van der Waals surface area contributed by atoms with Crippen LogP contribution in [0.15, 0.2) is 16.3 Å². The predicted molar refractivity (Wildman–Crippen MR) is 92.0 cm³/mol. The molecule has 0 spiro atoms. The molecule has 1 aliphatic carbocycles. The maximum Gasteiger partial charge on any atom is 0.254 e. The number of anilines is 1. The van der Waals surface area contributed by atoms with Crippen molar-refractivity contribution < 1.29 is 4.74 Å². The molecule has 2 aromatic rings. The molecule has 1 fully saturated rings. The fourth-order valence-electron chi connectivity index (χ4n) is 3.29. The zero-order chi connectivity index (χ0) is 16.7. The van der Waals surface area contributed by atoms with Gasteiger partial charge in [0.05, 0.1) is 30.9 Å². The molecule has 2 aliphatic rings. The van der Waals surface area contributed by atoms with Crippen molar-refractivity contribution in [1.29, 1.82) is 0 Å². The summed E-state index contributed by atoms with van der Waals surface area (Å²) in [5.74, 6) is 1.17. The van der Waals surface area contributed by atoms with E-state index >= 15 is 0 Å². The van der Waals surface area contributed by atoms with Crippen LogP contribution in [-0.4, -0.2) is 32.7 Å². The van der Waals surface area contributed by atoms with Crippen molar-refractivity contribution in [2.45, 2.75) is 43.6 Å². The standard InChI is InChI=1S/C16H21N5O2S/c1-16(7-23-8-16)6-21-9-18-13(17)12(21)5-24-15-19-11-4-2-3-10(11)14(22)20-15/h9H,2-8,17H2,1H3,(H,19,20,22). The summed E-state index contributed by atoms with van der Waals surface area (Å²) in [6, 6.07) is 0. The van der Waals surface area contributed by atoms with Gasteiger partial charge in [-0.25, -0.2) is 9.97 Å². The van der Waals surface area contributed by atoms with E-state index in [4.69, 9.17) is 10.5 Å². The van der Waals surface area contributed by atoms with Gasteiger partial charge in [0.1, 0.15) is 5.82 Å². The first-order valence-corrected chi connectivity index (χ1v) is 9.15. The normalized spacial score (nSPS) is 18.4. The SMILES string of the molecule is CC1(Cn2cnc(N)c2CSc2nc3c(c(=O)[nH]2)CCC3)COC1. The number of rotatable bonds is 5. The number of aromatic amines is 1. The Balaban J connectivity index is 1.51. The van der Waals surface area contributed by atoms with Gasteiger partial charge in [0, 0.05) is 23.3 Å². The number of aromatic nitrogens is 4. The molecule has 1 aliphatic heterocycles. The molecule has 128 valence electrons. The van der Waals surface area contributed by atoms with Crippen molar-refractivity contribution in [2.75, 3.05) is 18.9 Å². The Labute approximate surface area is 144 Å². The smallest absolute Gasteiger partial charge is 0.254 e. The number of hydrogen-bond acceptors (Lipinski definition) is 6. The van der Waals surface area contributed by atoms with Gasteiger partial charge in [-0.05, 0) is 19.3 Å². The number of thioether (sulfide) groups is 1. The van der Waals surface area contributed by atoms with E-state index < -0.39 is 0 Å². The van der Waals surface area contributed by atoms with Crippen molar-refractivity contribution >= 4 is 17.6 Å². The van der Waals surface area contributed by atoms with E-state index in [2.05, 4.69) is 26.4 Å². The summed E-state index contributed by atoms with van der Waals surface area (Å²) in [5, 5.41) is 0.658. The number of ether oxygens (including phenoxy) is 1. The Morgan fingerprint density at radius 3 is 3.04 bits per heavy atom. The predicted octanol–water partition coefficient (Wildman–Crippen LogP) is 1.37. The van der Waals surface area contributed by atoms with E-state index in [1.807, 2.05) is 0 Å². The number of nitrogen functional groups attached to an aromatic ring is 1. The Kier molecular flexibility index (Phi) is 3.88. The second kappa shape index (κ2) is 5.93. The Morgan fingerprint density at radius 2 is 2.29 bits per heavy atom. The Bertz CT molecular complexity index is 824. The van der Waals surface area contributed by atoms with Crippen LogP contribution in [0, 0.1) is 5.41 Å². The fourth-order valence-corrected chi connectivity index (χ4v) is 4.22. The van der Waals surface area contributed by atoms with E-state index in [1.165, 1.54) is 11.8 Å². The highest BCUT2D eigenvalue weighted by molar-refractivity contribution is 7.98. The zero-order valence-corrected chi connectivity index (χ0v) is 14.5. The molecule has 0 saturated carbocycles. The number of nitrogens with zero attached hydrogens (tertiary/aromatic N) is 3. The molecule has 4 rings (SSSR count). The lowest BCUT2D eigenvalue weighted by Crippen LogP contribution is -2.43. The molecule has 3 N–H and O–H groups in total. The average molecular weight is 347 g/mol. The van der Waals surface area contributed by atoms with Crippen LogP contribution in [0.3, 0.4) is 0 Å². The molecule has 0 atom stereocenters. The van der Waals surface area contributed by atoms with Crippen molar-refractivity contribution in [1.82, 2.24) is 19.5 Å². The molecule has 1 saturated heterocycles. The lowest BCUT2D eigenvalue weighted by molar-refractivity contribution is -0.110. The summed E-state index contributed by atoms with van der Waals surface area (Å²) in [4.78, 5) is 23.8. The van der Waals surface area contributed by atoms with Crippen LogP contribution < -0.4 is 11.3 Å². The summed E-state index contributed by atoms with van der Waals surface area (Å²) < 4.78 is 7.42. The first-order chi connectivity index (χ1) is 11.5. The van der Waals surface area contributed by atoms with Crippen molar-refractivity contribution in [3.05, 3.63) is 33.6 Å². The van der Waals surface area contributed by atoms with Gasteiger partial charge in [-0.15, -0.1) is 0 Å². The van der Waals surface area contributed by atoms with Crippen LogP contribution in [0.25, 0.3) is 0 Å². The molecule has 7 nitrogen and oxygen atoms in total. The highest BCUT2D eigenvalue weighted by atomic mass is 32.2. The topological polar surface area (TPSA) is 98.8 Å². The van der Waals surface area contributed by atoms with Gasteiger partial charge >= 0.3 is 0 Å². The first kappa shape index (κ1) is 15.7. The van der Waals surface area contributed by atoms with Crippen molar-refractivity contribution in [2.24, 2.45) is 5.41 Å². The van der Waals surface area contributed by atoms with Crippen LogP contribution in [-0.2, 0) is 29.9 Å². The molecule has 3 heterocycles. The zero-order valence-electron chi connectivity index (χ0n) is 13.7. The largest absolute Gasteiger partial charge is 0.382 e. The molecule has 2 aromatic heterocycles. The van der Waals surface area contributed by atoms with Crippen LogP contribution in [0.5, 0.6) is 0 Å². The van der Waals surface area contributed by atoms with Crippen molar-refractivity contribution in [3.8, 4) is 0 Å². The van der Waals surface area contributed by atoms with Gasteiger partial charge in [-0.1, -0.05) is 18.7 Å². The molecular weight excluding hydrogens is 326 g/mol. The summed E-state index contributed by atoms with van der Waals surface area (Å²) >= 11 is 1.50. The van der Waals surface area contributed by atoms with Crippen LogP contribution in [0.4, 0.5) is 5.82 Å². The average Bonchev–Trinajstić information content (AvgIpc) is 3.11. The van der Waals surface area contributed by atoms with E-state index in [1.54, 1.807) is 6.33 Å². The number of nitrogens with two attached hydrogens (primary N) is 1. The highest BCUT2D eigenvalue weighted by Gasteiger charge is 2.34. The molecular formula is C16H21N5O2S. The second-order valence-corrected chi connectivity index (χ2v) is 7.91. The maximum atomic E-state index is 12.1. The minimum absolute atomic E-state index is 0.000562. The third kappa shape index (κ3) is 2.84. The number of H-pyrrole nitrogens is 1.